The van der Waals surface area contributed by atoms with Crippen LogP contribution in [0.15, 0.2) is 53.7 Å². The molecule has 0 bridgehead atoms. The first-order valence-corrected chi connectivity index (χ1v) is 11.3. The van der Waals surface area contributed by atoms with Crippen LogP contribution < -0.4 is 9.47 Å². The number of benzene rings is 2. The summed E-state index contributed by atoms with van der Waals surface area (Å²) in [7, 11) is 1.67. The predicted octanol–water partition coefficient (Wildman–Crippen LogP) is 5.00. The minimum Gasteiger partial charge on any atom is -0.497 e. The second-order valence-electron chi connectivity index (χ2n) is 7.10. The Bertz CT molecular complexity index is 953. The molecular formula is C23H27N3O3S. The van der Waals surface area contributed by atoms with Crippen molar-refractivity contribution in [2.45, 2.75) is 37.4 Å². The summed E-state index contributed by atoms with van der Waals surface area (Å²) in [6.07, 6.45) is 3.76. The molecule has 2 aromatic carbocycles. The number of rotatable bonds is 8. The van der Waals surface area contributed by atoms with E-state index in [0.29, 0.717) is 6.61 Å². The van der Waals surface area contributed by atoms with Gasteiger partial charge >= 0.3 is 0 Å². The molecule has 1 fully saturated rings. The summed E-state index contributed by atoms with van der Waals surface area (Å²) in [4.78, 5) is 0. The Morgan fingerprint density at radius 3 is 2.70 bits per heavy atom. The zero-order chi connectivity index (χ0) is 20.8. The molecular weight excluding hydrogens is 398 g/mol. The molecule has 6 nitrogen and oxygen atoms in total. The first-order valence-electron chi connectivity index (χ1n) is 10.4. The summed E-state index contributed by atoms with van der Waals surface area (Å²) in [5.41, 5.74) is 1.95. The average Bonchev–Trinajstić information content (AvgIpc) is 3.23. The number of ether oxygens (including phenoxy) is 3. The molecule has 1 aliphatic heterocycles. The van der Waals surface area contributed by atoms with Crippen LogP contribution in [-0.2, 0) is 4.74 Å². The lowest BCUT2D eigenvalue weighted by molar-refractivity contribution is 0.0315. The largest absolute Gasteiger partial charge is 0.497 e. The lowest BCUT2D eigenvalue weighted by Gasteiger charge is -2.22. The third-order valence-electron chi connectivity index (χ3n) is 5.04. The molecule has 30 heavy (non-hydrogen) atoms. The summed E-state index contributed by atoms with van der Waals surface area (Å²) in [6, 6.07) is 15.9. The molecule has 0 N–H and O–H groups in total. The van der Waals surface area contributed by atoms with Crippen LogP contribution in [0, 0.1) is 0 Å². The highest BCUT2D eigenvalue weighted by Gasteiger charge is 2.20. The van der Waals surface area contributed by atoms with E-state index in [1.807, 2.05) is 55.5 Å². The van der Waals surface area contributed by atoms with Gasteiger partial charge in [0.1, 0.15) is 11.5 Å². The van der Waals surface area contributed by atoms with Gasteiger partial charge in [0, 0.05) is 23.6 Å². The highest BCUT2D eigenvalue weighted by atomic mass is 32.2. The zero-order valence-corrected chi connectivity index (χ0v) is 18.2. The Hall–Kier alpha value is -2.51. The van der Waals surface area contributed by atoms with E-state index in [4.69, 9.17) is 14.2 Å². The fourth-order valence-electron chi connectivity index (χ4n) is 3.51. The SMILES string of the molecule is CCOc1ccc(-n2c(SC[C@H]3CCCCO3)nnc2-c2cccc(OC)c2)cc1. The van der Waals surface area contributed by atoms with Crippen molar-refractivity contribution in [3.05, 3.63) is 48.5 Å². The number of nitrogens with zero attached hydrogens (tertiary/aromatic N) is 3. The second kappa shape index (κ2) is 10.00. The van der Waals surface area contributed by atoms with Crippen LogP contribution in [0.1, 0.15) is 26.2 Å². The predicted molar refractivity (Wildman–Crippen MR) is 119 cm³/mol. The third-order valence-corrected chi connectivity index (χ3v) is 6.10. The molecule has 158 valence electrons. The number of hydrogen-bond donors (Lipinski definition) is 0. The van der Waals surface area contributed by atoms with E-state index in [1.165, 1.54) is 6.42 Å². The van der Waals surface area contributed by atoms with Gasteiger partial charge in [0.15, 0.2) is 11.0 Å². The number of hydrogen-bond acceptors (Lipinski definition) is 6. The summed E-state index contributed by atoms with van der Waals surface area (Å²) in [6.45, 7) is 3.48. The average molecular weight is 426 g/mol. The highest BCUT2D eigenvalue weighted by Crippen LogP contribution is 2.31. The topological polar surface area (TPSA) is 58.4 Å². The van der Waals surface area contributed by atoms with E-state index in [0.717, 1.165) is 58.9 Å². The van der Waals surface area contributed by atoms with Crippen molar-refractivity contribution in [1.82, 2.24) is 14.8 Å². The lowest BCUT2D eigenvalue weighted by atomic mass is 10.1. The van der Waals surface area contributed by atoms with E-state index in [9.17, 15) is 0 Å². The van der Waals surface area contributed by atoms with Crippen LogP contribution in [0.4, 0.5) is 0 Å². The maximum Gasteiger partial charge on any atom is 0.196 e. The number of methoxy groups -OCH3 is 1. The van der Waals surface area contributed by atoms with E-state index < -0.39 is 0 Å². The molecule has 1 atom stereocenters. The number of aromatic nitrogens is 3. The van der Waals surface area contributed by atoms with Crippen LogP contribution in [0.25, 0.3) is 17.1 Å². The standard InChI is InChI=1S/C23H27N3O3S/c1-3-28-19-12-10-18(11-13-19)26-22(17-7-6-9-20(15-17)27-2)24-25-23(26)30-16-21-8-4-5-14-29-21/h6-7,9-13,15,21H,3-5,8,14,16H2,1-2H3/t21-/m1/s1. The van der Waals surface area contributed by atoms with Crippen LogP contribution in [-0.4, -0.2) is 46.9 Å². The minimum atomic E-state index is 0.273. The van der Waals surface area contributed by atoms with Crippen LogP contribution in [0.2, 0.25) is 0 Å². The summed E-state index contributed by atoms with van der Waals surface area (Å²) < 4.78 is 19.0. The molecule has 0 amide bonds. The zero-order valence-electron chi connectivity index (χ0n) is 17.4. The van der Waals surface area contributed by atoms with Gasteiger partial charge in [-0.3, -0.25) is 4.57 Å². The first kappa shape index (κ1) is 20.8. The van der Waals surface area contributed by atoms with Gasteiger partial charge in [-0.1, -0.05) is 23.9 Å². The Morgan fingerprint density at radius 1 is 1.10 bits per heavy atom. The van der Waals surface area contributed by atoms with E-state index in [1.54, 1.807) is 18.9 Å². The molecule has 1 aliphatic rings. The molecule has 0 spiro atoms. The smallest absolute Gasteiger partial charge is 0.196 e. The van der Waals surface area contributed by atoms with E-state index in [2.05, 4.69) is 14.8 Å². The van der Waals surface area contributed by atoms with E-state index in [-0.39, 0.29) is 6.10 Å². The molecule has 0 radical (unpaired) electrons. The summed E-state index contributed by atoms with van der Waals surface area (Å²) >= 11 is 1.69. The molecule has 0 saturated carbocycles. The lowest BCUT2D eigenvalue weighted by Crippen LogP contribution is -2.21. The highest BCUT2D eigenvalue weighted by molar-refractivity contribution is 7.99. The van der Waals surface area contributed by atoms with Crippen molar-refractivity contribution in [2.24, 2.45) is 0 Å². The molecule has 1 aromatic heterocycles. The monoisotopic (exact) mass is 425 g/mol. The summed E-state index contributed by atoms with van der Waals surface area (Å²) in [5.74, 6) is 3.29. The Morgan fingerprint density at radius 2 is 1.97 bits per heavy atom. The molecule has 7 heteroatoms. The van der Waals surface area contributed by atoms with Crippen LogP contribution >= 0.6 is 11.8 Å². The van der Waals surface area contributed by atoms with Gasteiger partial charge in [-0.05, 0) is 62.6 Å². The Balaban J connectivity index is 1.67. The normalized spacial score (nSPS) is 16.4. The van der Waals surface area contributed by atoms with Crippen molar-refractivity contribution in [2.75, 3.05) is 26.1 Å². The first-order chi connectivity index (χ1) is 14.8. The number of thioether (sulfide) groups is 1. The van der Waals surface area contributed by atoms with Crippen molar-refractivity contribution in [3.63, 3.8) is 0 Å². The van der Waals surface area contributed by atoms with Crippen molar-refractivity contribution >= 4 is 11.8 Å². The van der Waals surface area contributed by atoms with E-state index >= 15 is 0 Å². The molecule has 1 saturated heterocycles. The minimum absolute atomic E-state index is 0.273. The fourth-order valence-corrected chi connectivity index (χ4v) is 4.53. The van der Waals surface area contributed by atoms with Crippen LogP contribution in [0.5, 0.6) is 11.5 Å². The molecule has 4 rings (SSSR count). The maximum absolute atomic E-state index is 5.90. The van der Waals surface area contributed by atoms with Gasteiger partial charge in [-0.25, -0.2) is 0 Å². The van der Waals surface area contributed by atoms with Gasteiger partial charge in [0.05, 0.1) is 19.8 Å². The molecule has 0 aliphatic carbocycles. The quantitative estimate of drug-likeness (QED) is 0.473. The fraction of sp³-hybridized carbons (Fsp3) is 0.391. The van der Waals surface area contributed by atoms with Gasteiger partial charge in [-0.15, -0.1) is 10.2 Å². The van der Waals surface area contributed by atoms with Gasteiger partial charge in [0.25, 0.3) is 0 Å². The van der Waals surface area contributed by atoms with Gasteiger partial charge < -0.3 is 14.2 Å². The maximum atomic E-state index is 5.90. The van der Waals surface area contributed by atoms with Crippen LogP contribution in [0.3, 0.4) is 0 Å². The van der Waals surface area contributed by atoms with Crippen molar-refractivity contribution in [3.8, 4) is 28.6 Å². The summed E-state index contributed by atoms with van der Waals surface area (Å²) in [5, 5.41) is 9.89. The molecule has 0 unspecified atom stereocenters. The Kier molecular flexibility index (Phi) is 6.92. The van der Waals surface area contributed by atoms with Gasteiger partial charge in [-0.2, -0.15) is 0 Å². The van der Waals surface area contributed by atoms with Crippen molar-refractivity contribution in [1.29, 1.82) is 0 Å². The van der Waals surface area contributed by atoms with Gasteiger partial charge in [0.2, 0.25) is 0 Å². The Labute approximate surface area is 181 Å². The van der Waals surface area contributed by atoms with Crippen molar-refractivity contribution < 1.29 is 14.2 Å². The second-order valence-corrected chi connectivity index (χ2v) is 8.09. The third kappa shape index (κ3) is 4.79. The molecule has 3 aromatic rings. The molecule has 2 heterocycles.